The summed E-state index contributed by atoms with van der Waals surface area (Å²) in [5.74, 6) is 1.71. The maximum atomic E-state index is 5.92. The van der Waals surface area contributed by atoms with Crippen LogP contribution in [0.15, 0.2) is 0 Å². The van der Waals surface area contributed by atoms with Crippen molar-refractivity contribution in [2.45, 2.75) is 27.7 Å². The number of rotatable bonds is 10. The van der Waals surface area contributed by atoms with Crippen molar-refractivity contribution in [3.8, 4) is 0 Å². The Morgan fingerprint density at radius 1 is 0.824 bits per heavy atom. The lowest BCUT2D eigenvalue weighted by Crippen LogP contribution is -1.94. The van der Waals surface area contributed by atoms with E-state index < -0.39 is 11.4 Å². The third-order valence-electron chi connectivity index (χ3n) is 1.35. The van der Waals surface area contributed by atoms with Crippen molar-refractivity contribution in [3.05, 3.63) is 0 Å². The zero-order chi connectivity index (χ0) is 13.4. The summed E-state index contributed by atoms with van der Waals surface area (Å²) >= 11 is 14.0. The zero-order valence-corrected chi connectivity index (χ0v) is 15.6. The van der Waals surface area contributed by atoms with E-state index in [2.05, 4.69) is 0 Å². The maximum Gasteiger partial charge on any atom is 0.253 e. The topological polar surface area (TPSA) is 27.7 Å². The van der Waals surface area contributed by atoms with E-state index in [0.29, 0.717) is 13.2 Å². The average molecular weight is 354 g/mol. The highest BCUT2D eigenvalue weighted by Crippen LogP contribution is 2.76. The van der Waals surface area contributed by atoms with Crippen molar-refractivity contribution in [2.75, 3.05) is 24.7 Å². The van der Waals surface area contributed by atoms with Gasteiger partial charge in [0.2, 0.25) is 0 Å². The molecule has 17 heavy (non-hydrogen) atoms. The van der Waals surface area contributed by atoms with Crippen LogP contribution in [0.2, 0.25) is 0 Å². The van der Waals surface area contributed by atoms with Crippen molar-refractivity contribution in [3.63, 3.8) is 0 Å². The van der Waals surface area contributed by atoms with E-state index in [1.807, 2.05) is 27.7 Å². The van der Waals surface area contributed by atoms with Crippen molar-refractivity contribution < 1.29 is 13.4 Å². The van der Waals surface area contributed by atoms with Gasteiger partial charge in [-0.15, -0.1) is 0 Å². The van der Waals surface area contributed by atoms with Crippen LogP contribution in [0.3, 0.4) is 0 Å². The van der Waals surface area contributed by atoms with Gasteiger partial charge in [-0.3, -0.25) is 4.31 Å². The van der Waals surface area contributed by atoms with Crippen LogP contribution < -0.4 is 0 Å². The maximum absolute atomic E-state index is 5.92. The van der Waals surface area contributed by atoms with Crippen LogP contribution in [0.5, 0.6) is 0 Å². The SMILES string of the molecule is CCOP(=S)(OP(=S)(OCC)SCC)SCC. The molecule has 0 N–H and O–H groups in total. The molecular formula is C8H20O3P2S4. The third kappa shape index (κ3) is 7.91. The van der Waals surface area contributed by atoms with Crippen LogP contribution in [0.4, 0.5) is 0 Å². The molecule has 0 fully saturated rings. The normalized spacial score (nSPS) is 18.6. The Balaban J connectivity index is 4.79. The lowest BCUT2D eigenvalue weighted by atomic mass is 10.9. The van der Waals surface area contributed by atoms with Gasteiger partial charge in [0.1, 0.15) is 0 Å². The predicted molar refractivity (Wildman–Crippen MR) is 89.2 cm³/mol. The number of hydrogen-bond acceptors (Lipinski definition) is 7. The second-order valence-electron chi connectivity index (χ2n) is 2.65. The summed E-state index contributed by atoms with van der Waals surface area (Å²) in [5.41, 5.74) is -4.70. The smallest absolute Gasteiger partial charge is 0.253 e. The van der Waals surface area contributed by atoms with Gasteiger partial charge in [0.15, 0.2) is 0 Å². The van der Waals surface area contributed by atoms with Crippen LogP contribution in [0, 0.1) is 0 Å². The fraction of sp³-hybridized carbons (Fsp3) is 1.00. The molecule has 0 aromatic carbocycles. The molecule has 0 aliphatic rings. The predicted octanol–water partition coefficient (Wildman–Crippen LogP) is 5.03. The molecule has 0 saturated heterocycles. The van der Waals surface area contributed by atoms with Crippen LogP contribution in [-0.4, -0.2) is 24.7 Å². The van der Waals surface area contributed by atoms with Gasteiger partial charge in [-0.05, 0) is 49.0 Å². The van der Waals surface area contributed by atoms with Gasteiger partial charge in [-0.1, -0.05) is 36.6 Å². The Labute approximate surface area is 123 Å². The molecule has 104 valence electrons. The summed E-state index contributed by atoms with van der Waals surface area (Å²) in [6, 6.07) is 0. The molecule has 3 nitrogen and oxygen atoms in total. The Hall–Kier alpha value is 1.88. The van der Waals surface area contributed by atoms with Gasteiger partial charge >= 0.3 is 0 Å². The Bertz CT molecular complexity index is 252. The Morgan fingerprint density at radius 3 is 1.41 bits per heavy atom. The van der Waals surface area contributed by atoms with Crippen LogP contribution in [0.1, 0.15) is 27.7 Å². The molecule has 0 heterocycles. The molecule has 0 aromatic rings. The van der Waals surface area contributed by atoms with E-state index in [1.165, 1.54) is 22.8 Å². The van der Waals surface area contributed by atoms with Gasteiger partial charge in [0.25, 0.3) is 11.4 Å². The molecule has 0 rings (SSSR count). The molecule has 0 aromatic heterocycles. The van der Waals surface area contributed by atoms with E-state index in [0.717, 1.165) is 11.5 Å². The lowest BCUT2D eigenvalue weighted by molar-refractivity contribution is 0.317. The summed E-state index contributed by atoms with van der Waals surface area (Å²) in [6.07, 6.45) is 0. The van der Waals surface area contributed by atoms with Gasteiger partial charge in [-0.25, -0.2) is 0 Å². The molecular weight excluding hydrogens is 334 g/mol. The summed E-state index contributed by atoms with van der Waals surface area (Å²) in [5, 5.41) is 0. The first kappa shape index (κ1) is 18.9. The minimum atomic E-state index is -2.35. The molecule has 2 atom stereocenters. The monoisotopic (exact) mass is 354 g/mol. The molecule has 0 amide bonds. The van der Waals surface area contributed by atoms with E-state index in [4.69, 9.17) is 37.0 Å². The number of hydrogen-bond donors (Lipinski definition) is 0. The fourth-order valence-corrected chi connectivity index (χ4v) is 15.3. The van der Waals surface area contributed by atoms with Gasteiger partial charge in [0.05, 0.1) is 13.2 Å². The Morgan fingerprint density at radius 2 is 1.18 bits per heavy atom. The highest BCUT2D eigenvalue weighted by molar-refractivity contribution is 8.73. The van der Waals surface area contributed by atoms with E-state index in [1.54, 1.807) is 0 Å². The molecule has 2 unspecified atom stereocenters. The highest BCUT2D eigenvalue weighted by atomic mass is 32.9. The summed E-state index contributed by atoms with van der Waals surface area (Å²) in [7, 11) is 0. The van der Waals surface area contributed by atoms with Gasteiger partial charge < -0.3 is 9.05 Å². The van der Waals surface area contributed by atoms with Crippen LogP contribution in [0.25, 0.3) is 0 Å². The second kappa shape index (κ2) is 9.73. The standard InChI is InChI=1S/C8H20O3P2S4/c1-5-9-12(14,16-7-3)11-13(15,10-6-2)17-8-4/h5-8H2,1-4H3. The second-order valence-corrected chi connectivity index (χ2v) is 16.0. The first-order valence-corrected chi connectivity index (χ1v) is 13.9. The zero-order valence-electron chi connectivity index (χ0n) is 10.6. The highest BCUT2D eigenvalue weighted by Gasteiger charge is 2.30. The Kier molecular flexibility index (Phi) is 10.8. The summed E-state index contributed by atoms with van der Waals surface area (Å²) in [4.78, 5) is 0. The van der Waals surface area contributed by atoms with E-state index in [-0.39, 0.29) is 0 Å². The largest absolute Gasteiger partial charge is 0.322 e. The fourth-order valence-electron chi connectivity index (χ4n) is 0.924. The van der Waals surface area contributed by atoms with Crippen molar-refractivity contribution in [2.24, 2.45) is 0 Å². The van der Waals surface area contributed by atoms with E-state index >= 15 is 0 Å². The van der Waals surface area contributed by atoms with Gasteiger partial charge in [-0.2, -0.15) is 0 Å². The minimum absolute atomic E-state index is 0.544. The quantitative estimate of drug-likeness (QED) is 0.508. The molecule has 0 aliphatic carbocycles. The van der Waals surface area contributed by atoms with Crippen LogP contribution in [-0.2, 0) is 37.0 Å². The molecule has 0 bridgehead atoms. The first-order chi connectivity index (χ1) is 7.95. The first-order valence-electron chi connectivity index (χ1n) is 5.44. The van der Waals surface area contributed by atoms with Crippen LogP contribution >= 0.6 is 34.2 Å². The molecule has 0 saturated carbocycles. The minimum Gasteiger partial charge on any atom is -0.322 e. The van der Waals surface area contributed by atoms with Crippen molar-refractivity contribution in [1.29, 1.82) is 0 Å². The van der Waals surface area contributed by atoms with Gasteiger partial charge in [0, 0.05) is 0 Å². The van der Waals surface area contributed by atoms with E-state index in [9.17, 15) is 0 Å². The average Bonchev–Trinajstić information content (AvgIpc) is 2.17. The molecule has 0 spiro atoms. The molecule has 0 aliphatic heterocycles. The summed E-state index contributed by atoms with van der Waals surface area (Å²) < 4.78 is 17.1. The lowest BCUT2D eigenvalue weighted by Gasteiger charge is -2.27. The molecule has 9 heteroatoms. The van der Waals surface area contributed by atoms with Crippen molar-refractivity contribution >= 4 is 57.8 Å². The van der Waals surface area contributed by atoms with Crippen molar-refractivity contribution in [1.82, 2.24) is 0 Å². The third-order valence-corrected chi connectivity index (χ3v) is 14.3. The molecule has 0 radical (unpaired) electrons. The summed E-state index contributed by atoms with van der Waals surface area (Å²) in [6.45, 7) is 8.98.